The van der Waals surface area contributed by atoms with Crippen molar-refractivity contribution in [2.75, 3.05) is 13.7 Å². The molecule has 0 N–H and O–H groups in total. The van der Waals surface area contributed by atoms with Crippen molar-refractivity contribution in [2.45, 2.75) is 52.0 Å². The van der Waals surface area contributed by atoms with E-state index < -0.39 is 0 Å². The minimum Gasteiger partial charge on any atom is -0.493 e. The van der Waals surface area contributed by atoms with E-state index in [1.807, 2.05) is 25.4 Å². The van der Waals surface area contributed by atoms with Crippen LogP contribution >= 0.6 is 0 Å². The van der Waals surface area contributed by atoms with Crippen LogP contribution in [0.4, 0.5) is 5.69 Å². The summed E-state index contributed by atoms with van der Waals surface area (Å²) in [6.07, 6.45) is 9.19. The summed E-state index contributed by atoms with van der Waals surface area (Å²) < 4.78 is 11.3. The van der Waals surface area contributed by atoms with E-state index in [0.717, 1.165) is 19.3 Å². The molecule has 0 aromatic heterocycles. The average Bonchev–Trinajstić information content (AvgIpc) is 2.94. The Bertz CT molecular complexity index is 709. The second kappa shape index (κ2) is 7.72. The van der Waals surface area contributed by atoms with Gasteiger partial charge < -0.3 is 14.4 Å². The monoisotopic (exact) mass is 342 g/mol. The van der Waals surface area contributed by atoms with E-state index in [0.29, 0.717) is 29.4 Å². The molecule has 0 spiro atoms. The number of benzene rings is 1. The number of amides is 1. The summed E-state index contributed by atoms with van der Waals surface area (Å²) in [5.41, 5.74) is 2.39. The molecular formula is C20H26N2O3. The number of carbonyl (C=O) groups is 1. The van der Waals surface area contributed by atoms with Crippen LogP contribution < -0.4 is 9.47 Å². The lowest BCUT2D eigenvalue weighted by Crippen LogP contribution is -2.32. The van der Waals surface area contributed by atoms with Crippen LogP contribution in [0.15, 0.2) is 28.9 Å². The number of ether oxygens (including phenoxy) is 2. The molecule has 0 bridgehead atoms. The molecule has 0 unspecified atom stereocenters. The number of aliphatic imine (C=N–C) groups is 1. The van der Waals surface area contributed by atoms with Crippen molar-refractivity contribution < 1.29 is 14.3 Å². The first kappa shape index (κ1) is 17.5. The van der Waals surface area contributed by atoms with Gasteiger partial charge in [-0.3, -0.25) is 9.79 Å². The Hall–Kier alpha value is -2.30. The van der Waals surface area contributed by atoms with Crippen molar-refractivity contribution in [3.63, 3.8) is 0 Å². The third-order valence-corrected chi connectivity index (χ3v) is 4.64. The Labute approximate surface area is 149 Å². The molecular weight excluding hydrogens is 316 g/mol. The van der Waals surface area contributed by atoms with Crippen LogP contribution in [0.1, 0.15) is 56.3 Å². The van der Waals surface area contributed by atoms with E-state index in [1.54, 1.807) is 18.1 Å². The first-order valence-electron chi connectivity index (χ1n) is 9.03. The standard InChI is InChI=1S/C20H26N2O3/c1-4-5-6-7-8-25-19-11-17-16(10-18(19)24-3)20(23)22-13-14(2)9-15(22)12-21-17/h10-13,15H,4-9H2,1-3H3/t15-/m0/s1. The van der Waals surface area contributed by atoms with E-state index >= 15 is 0 Å². The predicted octanol–water partition coefficient (Wildman–Crippen LogP) is 4.49. The van der Waals surface area contributed by atoms with Crippen molar-refractivity contribution >= 4 is 17.8 Å². The topological polar surface area (TPSA) is 51.1 Å². The molecule has 5 heteroatoms. The number of hydrogen-bond donors (Lipinski definition) is 0. The van der Waals surface area contributed by atoms with Crippen LogP contribution in [0, 0.1) is 0 Å². The predicted molar refractivity (Wildman–Crippen MR) is 99.1 cm³/mol. The van der Waals surface area contributed by atoms with Crippen molar-refractivity contribution in [3.05, 3.63) is 29.5 Å². The molecule has 0 fully saturated rings. The highest BCUT2D eigenvalue weighted by molar-refractivity contribution is 6.04. The average molecular weight is 342 g/mol. The Kier molecular flexibility index (Phi) is 5.41. The summed E-state index contributed by atoms with van der Waals surface area (Å²) in [7, 11) is 1.60. The summed E-state index contributed by atoms with van der Waals surface area (Å²) in [6, 6.07) is 3.57. The highest BCUT2D eigenvalue weighted by Gasteiger charge is 2.31. The Morgan fingerprint density at radius 3 is 2.84 bits per heavy atom. The molecule has 2 aliphatic heterocycles. The van der Waals surface area contributed by atoms with Gasteiger partial charge in [-0.05, 0) is 25.8 Å². The molecule has 1 aromatic rings. The first-order chi connectivity index (χ1) is 12.1. The third-order valence-electron chi connectivity index (χ3n) is 4.64. The van der Waals surface area contributed by atoms with Crippen molar-refractivity contribution in [1.82, 2.24) is 4.90 Å². The molecule has 0 saturated heterocycles. The van der Waals surface area contributed by atoms with Crippen molar-refractivity contribution in [3.8, 4) is 11.5 Å². The van der Waals surface area contributed by atoms with Crippen LogP contribution in [0.2, 0.25) is 0 Å². The fourth-order valence-corrected chi connectivity index (χ4v) is 3.26. The van der Waals surface area contributed by atoms with E-state index in [9.17, 15) is 4.79 Å². The first-order valence-corrected chi connectivity index (χ1v) is 9.03. The molecule has 25 heavy (non-hydrogen) atoms. The second-order valence-corrected chi connectivity index (χ2v) is 6.67. The number of fused-ring (bicyclic) bond motifs is 2. The van der Waals surface area contributed by atoms with E-state index in [1.165, 1.54) is 18.4 Å². The lowest BCUT2D eigenvalue weighted by molar-refractivity contribution is 0.0817. The lowest BCUT2D eigenvalue weighted by Gasteiger charge is -2.19. The zero-order valence-electron chi connectivity index (χ0n) is 15.2. The van der Waals surface area contributed by atoms with E-state index in [2.05, 4.69) is 11.9 Å². The molecule has 2 aliphatic rings. The van der Waals surface area contributed by atoms with Gasteiger partial charge in [0.25, 0.3) is 5.91 Å². The van der Waals surface area contributed by atoms with Gasteiger partial charge in [-0.15, -0.1) is 0 Å². The zero-order chi connectivity index (χ0) is 17.8. The quantitative estimate of drug-likeness (QED) is 0.686. The Morgan fingerprint density at radius 1 is 1.24 bits per heavy atom. The summed E-state index contributed by atoms with van der Waals surface area (Å²) in [4.78, 5) is 19.2. The van der Waals surface area contributed by atoms with Gasteiger partial charge in [-0.25, -0.2) is 0 Å². The smallest absolute Gasteiger partial charge is 0.260 e. The maximum atomic E-state index is 12.9. The molecule has 1 aromatic carbocycles. The van der Waals surface area contributed by atoms with Gasteiger partial charge in [0.2, 0.25) is 0 Å². The highest BCUT2D eigenvalue weighted by atomic mass is 16.5. The Morgan fingerprint density at radius 2 is 2.08 bits per heavy atom. The summed E-state index contributed by atoms with van der Waals surface area (Å²) >= 11 is 0. The van der Waals surface area contributed by atoms with Gasteiger partial charge in [-0.2, -0.15) is 0 Å². The number of methoxy groups -OCH3 is 1. The fourth-order valence-electron chi connectivity index (χ4n) is 3.26. The molecule has 134 valence electrons. The number of unbranched alkanes of at least 4 members (excludes halogenated alkanes) is 3. The number of hydrogen-bond acceptors (Lipinski definition) is 4. The number of rotatable bonds is 7. The molecule has 5 nitrogen and oxygen atoms in total. The lowest BCUT2D eigenvalue weighted by atomic mass is 10.1. The van der Waals surface area contributed by atoms with Gasteiger partial charge in [-0.1, -0.05) is 31.8 Å². The maximum Gasteiger partial charge on any atom is 0.260 e. The molecule has 0 saturated carbocycles. The van der Waals surface area contributed by atoms with Crippen LogP contribution in [0.3, 0.4) is 0 Å². The largest absolute Gasteiger partial charge is 0.493 e. The normalized spacial score (nSPS) is 18.5. The van der Waals surface area contributed by atoms with Gasteiger partial charge in [0.05, 0.1) is 31.0 Å². The molecule has 1 atom stereocenters. The van der Waals surface area contributed by atoms with Crippen LogP contribution in [-0.2, 0) is 0 Å². The minimum absolute atomic E-state index is 0.00399. The summed E-state index contributed by atoms with van der Waals surface area (Å²) in [5, 5.41) is 0. The molecule has 1 amide bonds. The summed E-state index contributed by atoms with van der Waals surface area (Å²) in [5.74, 6) is 1.19. The minimum atomic E-state index is -0.0397. The molecule has 0 radical (unpaired) electrons. The highest BCUT2D eigenvalue weighted by Crippen LogP contribution is 2.38. The number of carbonyl (C=O) groups excluding carboxylic acids is 1. The zero-order valence-corrected chi connectivity index (χ0v) is 15.2. The SMILES string of the molecule is CCCCCCOc1cc2c(cc1OC)C(=O)N1C=C(C)C[C@H]1C=N2. The van der Waals surface area contributed by atoms with E-state index in [-0.39, 0.29) is 11.9 Å². The summed E-state index contributed by atoms with van der Waals surface area (Å²) in [6.45, 7) is 4.86. The van der Waals surface area contributed by atoms with Gasteiger partial charge in [0.1, 0.15) is 0 Å². The van der Waals surface area contributed by atoms with E-state index in [4.69, 9.17) is 9.47 Å². The van der Waals surface area contributed by atoms with Crippen molar-refractivity contribution in [2.24, 2.45) is 4.99 Å². The van der Waals surface area contributed by atoms with Crippen LogP contribution in [0.25, 0.3) is 0 Å². The maximum absolute atomic E-state index is 12.9. The molecule has 0 aliphatic carbocycles. The van der Waals surface area contributed by atoms with Gasteiger partial charge in [0, 0.05) is 18.5 Å². The van der Waals surface area contributed by atoms with Gasteiger partial charge in [0.15, 0.2) is 11.5 Å². The Balaban J connectivity index is 1.83. The fraction of sp³-hybridized carbons (Fsp3) is 0.500. The third kappa shape index (κ3) is 3.70. The number of nitrogens with zero attached hydrogens (tertiary/aromatic N) is 2. The van der Waals surface area contributed by atoms with Gasteiger partial charge >= 0.3 is 0 Å². The second-order valence-electron chi connectivity index (χ2n) is 6.67. The van der Waals surface area contributed by atoms with Crippen LogP contribution in [0.5, 0.6) is 11.5 Å². The van der Waals surface area contributed by atoms with Crippen molar-refractivity contribution in [1.29, 1.82) is 0 Å². The molecule has 3 rings (SSSR count). The van der Waals surface area contributed by atoms with Crippen LogP contribution in [-0.4, -0.2) is 36.8 Å². The molecule has 2 heterocycles.